The van der Waals surface area contributed by atoms with E-state index in [-0.39, 0.29) is 17.8 Å². The predicted molar refractivity (Wildman–Crippen MR) is 103 cm³/mol. The van der Waals surface area contributed by atoms with Gasteiger partial charge in [-0.3, -0.25) is 4.79 Å². The number of nitrogens with zero attached hydrogens (tertiary/aromatic N) is 2. The van der Waals surface area contributed by atoms with Crippen molar-refractivity contribution < 1.29 is 14.3 Å². The largest absolute Gasteiger partial charge is 0.497 e. The summed E-state index contributed by atoms with van der Waals surface area (Å²) in [7, 11) is 3.13. The Balaban J connectivity index is 2.26. The molecule has 0 aliphatic heterocycles. The van der Waals surface area contributed by atoms with E-state index in [9.17, 15) is 9.59 Å². The molecule has 140 valence electrons. The van der Waals surface area contributed by atoms with E-state index in [0.29, 0.717) is 23.6 Å². The minimum absolute atomic E-state index is 0.0277. The number of benzene rings is 2. The van der Waals surface area contributed by atoms with Crippen LogP contribution in [0.3, 0.4) is 0 Å². The van der Waals surface area contributed by atoms with Gasteiger partial charge in [0.2, 0.25) is 5.88 Å². The zero-order chi connectivity index (χ0) is 19.4. The molecule has 0 atom stereocenters. The summed E-state index contributed by atoms with van der Waals surface area (Å²) in [6, 6.07) is 16.7. The number of hydrogen-bond acceptors (Lipinski definition) is 4. The quantitative estimate of drug-likeness (QED) is 0.644. The molecule has 0 saturated heterocycles. The second-order valence-corrected chi connectivity index (χ2v) is 6.15. The number of carbonyl (C=O) groups excluding carboxylic acids is 1. The number of hydrogen-bond donors (Lipinski definition) is 0. The first kappa shape index (κ1) is 18.5. The van der Waals surface area contributed by atoms with Crippen molar-refractivity contribution in [1.82, 2.24) is 9.36 Å². The number of Topliss-reactive ketones (excluding diaryl/α,β-unsaturated/α-hetero) is 1. The van der Waals surface area contributed by atoms with Gasteiger partial charge in [-0.1, -0.05) is 18.2 Å². The smallest absolute Gasteiger partial charge is 0.278 e. The van der Waals surface area contributed by atoms with Gasteiger partial charge in [-0.05, 0) is 49.7 Å². The van der Waals surface area contributed by atoms with Gasteiger partial charge in [0.15, 0.2) is 0 Å². The highest BCUT2D eigenvalue weighted by Crippen LogP contribution is 2.26. The predicted octanol–water partition coefficient (Wildman–Crippen LogP) is 3.17. The topological polar surface area (TPSA) is 62.5 Å². The number of methoxy groups -OCH3 is 2. The number of rotatable bonds is 7. The Hall–Kier alpha value is -3.28. The zero-order valence-electron chi connectivity index (χ0n) is 15.6. The lowest BCUT2D eigenvalue weighted by molar-refractivity contribution is -0.116. The molecule has 1 aromatic heterocycles. The maximum Gasteiger partial charge on any atom is 0.278 e. The fourth-order valence-electron chi connectivity index (χ4n) is 3.01. The summed E-state index contributed by atoms with van der Waals surface area (Å²) in [5.74, 6) is 1.17. The van der Waals surface area contributed by atoms with Crippen molar-refractivity contribution in [3.05, 3.63) is 70.5 Å². The van der Waals surface area contributed by atoms with Crippen molar-refractivity contribution in [3.8, 4) is 23.0 Å². The molecule has 0 spiro atoms. The lowest BCUT2D eigenvalue weighted by atomic mass is 10.1. The maximum atomic E-state index is 13.2. The minimum Gasteiger partial charge on any atom is -0.497 e. The molecule has 3 rings (SSSR count). The van der Waals surface area contributed by atoms with Crippen molar-refractivity contribution in [2.75, 3.05) is 14.2 Å². The van der Waals surface area contributed by atoms with Crippen LogP contribution in [0.25, 0.3) is 11.4 Å². The first-order valence-electron chi connectivity index (χ1n) is 8.67. The molecule has 1 heterocycles. The third-order valence-electron chi connectivity index (χ3n) is 4.34. The van der Waals surface area contributed by atoms with Crippen molar-refractivity contribution in [1.29, 1.82) is 0 Å². The Morgan fingerprint density at radius 3 is 2.07 bits per heavy atom. The Labute approximate surface area is 157 Å². The second kappa shape index (κ2) is 7.95. The zero-order valence-corrected chi connectivity index (χ0v) is 15.6. The van der Waals surface area contributed by atoms with Gasteiger partial charge < -0.3 is 14.3 Å². The van der Waals surface area contributed by atoms with Crippen LogP contribution in [0.1, 0.15) is 18.9 Å². The standard InChI is InChI=1S/C21H22N2O4/c1-15(24)9-14-19-20(25)22(16-7-5-4-6-8-16)23(21(19)27-3)17-10-12-18(26-2)13-11-17/h4-8,10-13H,9,14H2,1-3H3. The Bertz CT molecular complexity index is 986. The highest BCUT2D eigenvalue weighted by molar-refractivity contribution is 5.75. The fourth-order valence-corrected chi connectivity index (χ4v) is 3.01. The Morgan fingerprint density at radius 1 is 0.889 bits per heavy atom. The molecule has 0 radical (unpaired) electrons. The van der Waals surface area contributed by atoms with E-state index in [0.717, 1.165) is 11.4 Å². The summed E-state index contributed by atoms with van der Waals surface area (Å²) in [4.78, 5) is 24.7. The fraction of sp³-hybridized carbons (Fsp3) is 0.238. The van der Waals surface area contributed by atoms with Gasteiger partial charge in [-0.15, -0.1) is 0 Å². The lowest BCUT2D eigenvalue weighted by Crippen LogP contribution is -2.22. The van der Waals surface area contributed by atoms with Gasteiger partial charge in [0.25, 0.3) is 5.56 Å². The molecule has 0 fully saturated rings. The number of ether oxygens (including phenoxy) is 2. The summed E-state index contributed by atoms with van der Waals surface area (Å²) in [6.07, 6.45) is 0.611. The second-order valence-electron chi connectivity index (χ2n) is 6.15. The molecule has 0 aliphatic rings. The van der Waals surface area contributed by atoms with Crippen molar-refractivity contribution in [2.24, 2.45) is 0 Å². The molecular weight excluding hydrogens is 344 g/mol. The lowest BCUT2D eigenvalue weighted by Gasteiger charge is -2.14. The summed E-state index contributed by atoms with van der Waals surface area (Å²) in [5, 5.41) is 0. The average molecular weight is 366 g/mol. The van der Waals surface area contributed by atoms with Crippen LogP contribution >= 0.6 is 0 Å². The molecule has 6 nitrogen and oxygen atoms in total. The van der Waals surface area contributed by atoms with E-state index in [1.807, 2.05) is 54.6 Å². The average Bonchev–Trinajstić information content (AvgIpc) is 2.98. The number of aromatic nitrogens is 2. The molecule has 0 N–H and O–H groups in total. The summed E-state index contributed by atoms with van der Waals surface area (Å²) >= 11 is 0. The number of ketones is 1. The molecule has 0 aliphatic carbocycles. The van der Waals surface area contributed by atoms with Gasteiger partial charge in [0.05, 0.1) is 31.2 Å². The molecule has 0 amide bonds. The van der Waals surface area contributed by atoms with E-state index in [1.54, 1.807) is 16.5 Å². The maximum absolute atomic E-state index is 13.2. The third kappa shape index (κ3) is 3.65. The van der Waals surface area contributed by atoms with Crippen LogP contribution in [0, 0.1) is 0 Å². The molecular formula is C21H22N2O4. The highest BCUT2D eigenvalue weighted by Gasteiger charge is 2.23. The van der Waals surface area contributed by atoms with E-state index in [2.05, 4.69) is 0 Å². The van der Waals surface area contributed by atoms with E-state index in [4.69, 9.17) is 9.47 Å². The van der Waals surface area contributed by atoms with Crippen LogP contribution < -0.4 is 15.0 Å². The first-order chi connectivity index (χ1) is 13.1. The van der Waals surface area contributed by atoms with Gasteiger partial charge in [0.1, 0.15) is 11.5 Å². The molecule has 27 heavy (non-hydrogen) atoms. The van der Waals surface area contributed by atoms with Gasteiger partial charge in [-0.25, -0.2) is 9.36 Å². The molecule has 3 aromatic rings. The van der Waals surface area contributed by atoms with Crippen LogP contribution in [0.5, 0.6) is 11.6 Å². The van der Waals surface area contributed by atoms with Gasteiger partial charge in [0, 0.05) is 6.42 Å². The van der Waals surface area contributed by atoms with Crippen LogP contribution in [-0.4, -0.2) is 29.4 Å². The van der Waals surface area contributed by atoms with Crippen molar-refractivity contribution in [2.45, 2.75) is 19.8 Å². The van der Waals surface area contributed by atoms with Gasteiger partial charge in [-0.2, -0.15) is 0 Å². The van der Waals surface area contributed by atoms with Crippen molar-refractivity contribution >= 4 is 5.78 Å². The summed E-state index contributed by atoms with van der Waals surface area (Å²) in [6.45, 7) is 1.52. The summed E-state index contributed by atoms with van der Waals surface area (Å²) < 4.78 is 14.1. The van der Waals surface area contributed by atoms with Crippen molar-refractivity contribution in [3.63, 3.8) is 0 Å². The Kier molecular flexibility index (Phi) is 5.45. The molecule has 0 unspecified atom stereocenters. The van der Waals surface area contributed by atoms with E-state index < -0.39 is 0 Å². The molecule has 0 bridgehead atoms. The summed E-state index contributed by atoms with van der Waals surface area (Å²) in [5.41, 5.74) is 1.75. The van der Waals surface area contributed by atoms with Crippen LogP contribution in [0.2, 0.25) is 0 Å². The molecule has 0 saturated carbocycles. The number of para-hydroxylation sites is 1. The highest BCUT2D eigenvalue weighted by atomic mass is 16.5. The third-order valence-corrected chi connectivity index (χ3v) is 4.34. The SMILES string of the molecule is COc1ccc(-n2c(OC)c(CCC(C)=O)c(=O)n2-c2ccccc2)cc1. The number of carbonyl (C=O) groups is 1. The van der Waals surface area contributed by atoms with Gasteiger partial charge >= 0.3 is 0 Å². The minimum atomic E-state index is -0.199. The normalized spacial score (nSPS) is 10.6. The van der Waals surface area contributed by atoms with Crippen LogP contribution in [-0.2, 0) is 11.2 Å². The van der Waals surface area contributed by atoms with Crippen LogP contribution in [0.15, 0.2) is 59.4 Å². The molecule has 2 aromatic carbocycles. The van der Waals surface area contributed by atoms with E-state index >= 15 is 0 Å². The van der Waals surface area contributed by atoms with E-state index in [1.165, 1.54) is 14.0 Å². The molecule has 6 heteroatoms. The first-order valence-corrected chi connectivity index (χ1v) is 8.67. The monoisotopic (exact) mass is 366 g/mol. The van der Waals surface area contributed by atoms with Crippen LogP contribution in [0.4, 0.5) is 0 Å². The Morgan fingerprint density at radius 2 is 1.52 bits per heavy atom.